The maximum Gasteiger partial charge on any atom is 0.151 e. The summed E-state index contributed by atoms with van der Waals surface area (Å²) >= 11 is 0. The van der Waals surface area contributed by atoms with Crippen molar-refractivity contribution in [1.82, 2.24) is 5.32 Å². The molecule has 1 atom stereocenters. The van der Waals surface area contributed by atoms with Gasteiger partial charge in [0.25, 0.3) is 0 Å². The third-order valence-electron chi connectivity index (χ3n) is 2.62. The van der Waals surface area contributed by atoms with Crippen LogP contribution in [0, 0.1) is 0 Å². The highest BCUT2D eigenvalue weighted by molar-refractivity contribution is 7.91. The van der Waals surface area contributed by atoms with Crippen molar-refractivity contribution in [3.63, 3.8) is 0 Å². The highest BCUT2D eigenvalue weighted by Gasteiger charge is 2.26. The van der Waals surface area contributed by atoms with Crippen molar-refractivity contribution in [2.75, 3.05) is 18.1 Å². The van der Waals surface area contributed by atoms with Gasteiger partial charge in [0.2, 0.25) is 0 Å². The number of hydrogen-bond donors (Lipinski definition) is 1. The van der Waals surface area contributed by atoms with E-state index in [1.807, 2.05) is 12.1 Å². The van der Waals surface area contributed by atoms with Crippen LogP contribution in [0.1, 0.15) is 12.2 Å². The van der Waals surface area contributed by atoms with E-state index in [9.17, 15) is 8.42 Å². The van der Waals surface area contributed by atoms with Gasteiger partial charge in [0, 0.05) is 19.0 Å². The summed E-state index contributed by atoms with van der Waals surface area (Å²) < 4.78 is 27.5. The Morgan fingerprint density at radius 1 is 1.53 bits per heavy atom. The molecule has 1 aromatic heterocycles. The number of nitrogens with one attached hydrogen (secondary N) is 1. The lowest BCUT2D eigenvalue weighted by molar-refractivity contribution is 0.483. The van der Waals surface area contributed by atoms with E-state index < -0.39 is 9.84 Å². The first-order valence-corrected chi connectivity index (χ1v) is 6.94. The van der Waals surface area contributed by atoms with Crippen LogP contribution in [-0.2, 0) is 16.3 Å². The van der Waals surface area contributed by atoms with Gasteiger partial charge in [0.15, 0.2) is 9.84 Å². The zero-order valence-electron chi connectivity index (χ0n) is 8.48. The second-order valence-electron chi connectivity index (χ2n) is 3.88. The van der Waals surface area contributed by atoms with E-state index in [2.05, 4.69) is 5.32 Å². The van der Waals surface area contributed by atoms with E-state index in [1.165, 1.54) is 0 Å². The molecule has 1 aliphatic rings. The van der Waals surface area contributed by atoms with Gasteiger partial charge in [-0.25, -0.2) is 8.42 Å². The van der Waals surface area contributed by atoms with Crippen molar-refractivity contribution >= 4 is 9.84 Å². The Morgan fingerprint density at radius 2 is 2.40 bits per heavy atom. The smallest absolute Gasteiger partial charge is 0.151 e. The molecule has 1 fully saturated rings. The first kappa shape index (κ1) is 10.7. The van der Waals surface area contributed by atoms with Gasteiger partial charge in [0.1, 0.15) is 5.76 Å². The summed E-state index contributed by atoms with van der Waals surface area (Å²) in [7, 11) is -2.77. The van der Waals surface area contributed by atoms with Crippen molar-refractivity contribution in [3.8, 4) is 0 Å². The fourth-order valence-electron chi connectivity index (χ4n) is 1.81. The molecular formula is C10H15NO3S. The van der Waals surface area contributed by atoms with Crippen LogP contribution in [0.5, 0.6) is 0 Å². The molecule has 4 nitrogen and oxygen atoms in total. The lowest BCUT2D eigenvalue weighted by atomic mass is 10.2. The molecule has 2 rings (SSSR count). The van der Waals surface area contributed by atoms with Crippen molar-refractivity contribution in [2.24, 2.45) is 0 Å². The number of sulfone groups is 1. The average molecular weight is 229 g/mol. The predicted octanol–water partition coefficient (Wildman–Crippen LogP) is 0.599. The highest BCUT2D eigenvalue weighted by Crippen LogP contribution is 2.11. The topological polar surface area (TPSA) is 59.3 Å². The van der Waals surface area contributed by atoms with E-state index in [0.717, 1.165) is 25.1 Å². The molecule has 84 valence electrons. The summed E-state index contributed by atoms with van der Waals surface area (Å²) in [6.45, 7) is 0.772. The molecule has 0 aliphatic carbocycles. The fourth-order valence-corrected chi connectivity index (χ4v) is 3.52. The first-order chi connectivity index (χ1) is 7.16. The summed E-state index contributed by atoms with van der Waals surface area (Å²) in [6.07, 6.45) is 3.19. The van der Waals surface area contributed by atoms with Crippen molar-refractivity contribution in [1.29, 1.82) is 0 Å². The second kappa shape index (κ2) is 4.37. The number of hydrogen-bond acceptors (Lipinski definition) is 4. The van der Waals surface area contributed by atoms with Gasteiger partial charge >= 0.3 is 0 Å². The molecule has 0 radical (unpaired) electrons. The molecule has 1 aliphatic heterocycles. The number of furan rings is 1. The van der Waals surface area contributed by atoms with Crippen molar-refractivity contribution < 1.29 is 12.8 Å². The molecule has 5 heteroatoms. The Labute approximate surface area is 89.6 Å². The summed E-state index contributed by atoms with van der Waals surface area (Å²) in [5, 5.41) is 3.24. The molecule has 0 saturated carbocycles. The highest BCUT2D eigenvalue weighted by atomic mass is 32.2. The molecule has 1 aromatic rings. The molecule has 15 heavy (non-hydrogen) atoms. The van der Waals surface area contributed by atoms with Gasteiger partial charge in [-0.2, -0.15) is 0 Å². The Balaban J connectivity index is 1.71. The van der Waals surface area contributed by atoms with E-state index in [1.54, 1.807) is 6.26 Å². The summed E-state index contributed by atoms with van der Waals surface area (Å²) in [6, 6.07) is 3.91. The van der Waals surface area contributed by atoms with E-state index in [4.69, 9.17) is 4.42 Å². The van der Waals surface area contributed by atoms with Crippen LogP contribution in [0.15, 0.2) is 22.8 Å². The van der Waals surface area contributed by atoms with E-state index in [-0.39, 0.29) is 11.8 Å². The van der Waals surface area contributed by atoms with Crippen LogP contribution in [-0.4, -0.2) is 32.5 Å². The summed E-state index contributed by atoms with van der Waals surface area (Å²) in [5.74, 6) is 1.54. The van der Waals surface area contributed by atoms with Crippen molar-refractivity contribution in [2.45, 2.75) is 18.9 Å². The Morgan fingerprint density at radius 3 is 3.00 bits per heavy atom. The lowest BCUT2D eigenvalue weighted by Crippen LogP contribution is -2.31. The fraction of sp³-hybridized carbons (Fsp3) is 0.600. The molecule has 2 heterocycles. The number of rotatable bonds is 4. The third-order valence-corrected chi connectivity index (χ3v) is 4.38. The lowest BCUT2D eigenvalue weighted by Gasteiger charge is -2.08. The molecule has 1 unspecified atom stereocenters. The van der Waals surface area contributed by atoms with Gasteiger partial charge < -0.3 is 9.73 Å². The standard InChI is InChI=1S/C10H15NO3S/c12-15(13)7-4-9(8-15)11-5-3-10-2-1-6-14-10/h1-2,6,9,11H,3-5,7-8H2. The predicted molar refractivity (Wildman–Crippen MR) is 57.5 cm³/mol. The molecule has 0 amide bonds. The molecule has 0 aromatic carbocycles. The van der Waals surface area contributed by atoms with Gasteiger partial charge in [0.05, 0.1) is 17.8 Å². The second-order valence-corrected chi connectivity index (χ2v) is 6.11. The minimum absolute atomic E-state index is 0.130. The van der Waals surface area contributed by atoms with Gasteiger partial charge in [-0.3, -0.25) is 0 Å². The zero-order valence-corrected chi connectivity index (χ0v) is 9.29. The SMILES string of the molecule is O=S1(=O)CCC(NCCc2ccco2)C1. The van der Waals surface area contributed by atoms with E-state index in [0.29, 0.717) is 5.75 Å². The van der Waals surface area contributed by atoms with Crippen LogP contribution in [0.4, 0.5) is 0 Å². The Hall–Kier alpha value is -0.810. The maximum atomic E-state index is 11.2. The first-order valence-electron chi connectivity index (χ1n) is 5.12. The monoisotopic (exact) mass is 229 g/mol. The molecule has 0 spiro atoms. The van der Waals surface area contributed by atoms with Crippen LogP contribution >= 0.6 is 0 Å². The van der Waals surface area contributed by atoms with Crippen LogP contribution in [0.3, 0.4) is 0 Å². The van der Waals surface area contributed by atoms with Gasteiger partial charge in [-0.15, -0.1) is 0 Å². The normalized spacial score (nSPS) is 24.4. The van der Waals surface area contributed by atoms with Crippen LogP contribution in [0.25, 0.3) is 0 Å². The maximum absolute atomic E-state index is 11.2. The summed E-state index contributed by atoms with van der Waals surface area (Å²) in [4.78, 5) is 0. The van der Waals surface area contributed by atoms with Gasteiger partial charge in [-0.1, -0.05) is 0 Å². The molecule has 1 saturated heterocycles. The summed E-state index contributed by atoms with van der Waals surface area (Å²) in [5.41, 5.74) is 0. The quantitative estimate of drug-likeness (QED) is 0.821. The molecule has 1 N–H and O–H groups in total. The van der Waals surface area contributed by atoms with Crippen LogP contribution in [0.2, 0.25) is 0 Å². The van der Waals surface area contributed by atoms with Crippen molar-refractivity contribution in [3.05, 3.63) is 24.2 Å². The zero-order chi connectivity index (χ0) is 10.7. The Bertz CT molecular complexity index is 396. The minimum Gasteiger partial charge on any atom is -0.469 e. The Kier molecular flexibility index (Phi) is 3.11. The minimum atomic E-state index is -2.77. The average Bonchev–Trinajstić information content (AvgIpc) is 2.76. The van der Waals surface area contributed by atoms with Crippen LogP contribution < -0.4 is 5.32 Å². The molecule has 0 bridgehead atoms. The van der Waals surface area contributed by atoms with Gasteiger partial charge in [-0.05, 0) is 18.6 Å². The van der Waals surface area contributed by atoms with E-state index >= 15 is 0 Å². The molecular weight excluding hydrogens is 214 g/mol. The largest absolute Gasteiger partial charge is 0.469 e. The third kappa shape index (κ3) is 3.07.